The first-order chi connectivity index (χ1) is 15.5. The van der Waals surface area contributed by atoms with Gasteiger partial charge in [-0.2, -0.15) is 13.2 Å². The Bertz CT molecular complexity index is 1160. The lowest BCUT2D eigenvalue weighted by molar-refractivity contribution is -0.145. The number of hydrogen-bond donors (Lipinski definition) is 2. The van der Waals surface area contributed by atoms with Gasteiger partial charge in [-0.1, -0.05) is 0 Å². The van der Waals surface area contributed by atoms with Gasteiger partial charge in [-0.25, -0.2) is 15.0 Å². The molecule has 0 spiro atoms. The third-order valence-electron chi connectivity index (χ3n) is 5.23. The van der Waals surface area contributed by atoms with Crippen molar-refractivity contribution in [3.8, 4) is 16.3 Å². The third kappa shape index (κ3) is 5.66. The van der Waals surface area contributed by atoms with Gasteiger partial charge in [-0.15, -0.1) is 11.3 Å². The first-order valence-electron chi connectivity index (χ1n) is 10.2. The van der Waals surface area contributed by atoms with Crippen molar-refractivity contribution in [1.82, 2.24) is 20.3 Å². The van der Waals surface area contributed by atoms with E-state index in [0.29, 0.717) is 23.5 Å². The molecule has 1 amide bonds. The van der Waals surface area contributed by atoms with E-state index >= 15 is 0 Å². The second kappa shape index (κ2) is 8.71. The van der Waals surface area contributed by atoms with Crippen molar-refractivity contribution >= 4 is 17.2 Å². The van der Waals surface area contributed by atoms with Gasteiger partial charge in [0.15, 0.2) is 0 Å². The molecule has 2 heterocycles. The molecule has 0 radical (unpaired) electrons. The van der Waals surface area contributed by atoms with Gasteiger partial charge in [-0.05, 0) is 44.9 Å². The monoisotopic (exact) mass is 477 g/mol. The number of carbonyl (C=O) groups is 1. The highest BCUT2D eigenvalue weighted by atomic mass is 32.1. The number of aryl methyl sites for hydroxylation is 1. The van der Waals surface area contributed by atoms with Crippen molar-refractivity contribution in [3.05, 3.63) is 58.6 Å². The molecule has 3 aromatic rings. The minimum absolute atomic E-state index is 0.326. The van der Waals surface area contributed by atoms with Crippen LogP contribution in [0.2, 0.25) is 0 Å². The average molecular weight is 478 g/mol. The smallest absolute Gasteiger partial charge is 0.451 e. The van der Waals surface area contributed by atoms with Crippen LogP contribution >= 0.6 is 11.3 Å². The van der Waals surface area contributed by atoms with Crippen LogP contribution in [0.3, 0.4) is 0 Å². The first kappa shape index (κ1) is 23.1. The van der Waals surface area contributed by atoms with Crippen LogP contribution in [0.1, 0.15) is 52.4 Å². The van der Waals surface area contributed by atoms with Crippen LogP contribution < -0.4 is 15.8 Å². The molecule has 1 aromatic carbocycles. The Morgan fingerprint density at radius 2 is 1.91 bits per heavy atom. The van der Waals surface area contributed by atoms with Crippen LogP contribution in [0.5, 0.6) is 5.75 Å². The van der Waals surface area contributed by atoms with Gasteiger partial charge in [0.1, 0.15) is 17.4 Å². The van der Waals surface area contributed by atoms with E-state index in [1.54, 1.807) is 25.3 Å². The van der Waals surface area contributed by atoms with Gasteiger partial charge in [0.25, 0.3) is 5.91 Å². The normalized spacial score (nSPS) is 15.7. The molecule has 1 unspecified atom stereocenters. The summed E-state index contributed by atoms with van der Waals surface area (Å²) < 4.78 is 43.9. The zero-order chi connectivity index (χ0) is 23.8. The Morgan fingerprint density at radius 3 is 2.48 bits per heavy atom. The van der Waals surface area contributed by atoms with E-state index in [4.69, 9.17) is 10.5 Å². The van der Waals surface area contributed by atoms with E-state index in [9.17, 15) is 18.0 Å². The summed E-state index contributed by atoms with van der Waals surface area (Å²) in [6.07, 6.45) is 1.01. The number of amides is 1. The highest BCUT2D eigenvalue weighted by Gasteiger charge is 2.39. The number of aromatic nitrogens is 3. The topological polar surface area (TPSA) is 103 Å². The zero-order valence-corrected chi connectivity index (χ0v) is 18.8. The van der Waals surface area contributed by atoms with Crippen LogP contribution in [-0.4, -0.2) is 33.0 Å². The van der Waals surface area contributed by atoms with E-state index in [1.165, 1.54) is 11.3 Å². The molecule has 1 aliphatic rings. The van der Waals surface area contributed by atoms with Gasteiger partial charge in [0.2, 0.25) is 5.82 Å². The molecular weight excluding hydrogens is 455 g/mol. The summed E-state index contributed by atoms with van der Waals surface area (Å²) in [7, 11) is 0. The van der Waals surface area contributed by atoms with Crippen molar-refractivity contribution in [2.75, 3.05) is 6.61 Å². The Kier molecular flexibility index (Phi) is 6.10. The summed E-state index contributed by atoms with van der Waals surface area (Å²) in [5.41, 5.74) is 7.19. The maximum absolute atomic E-state index is 13.0. The predicted octanol–water partition coefficient (Wildman–Crippen LogP) is 4.29. The molecule has 2 aromatic heterocycles. The van der Waals surface area contributed by atoms with Crippen molar-refractivity contribution in [1.29, 1.82) is 0 Å². The first-order valence-corrected chi connectivity index (χ1v) is 11.0. The number of nitrogens with two attached hydrogens (primary N) is 1. The molecule has 7 nitrogen and oxygen atoms in total. The van der Waals surface area contributed by atoms with Crippen molar-refractivity contribution < 1.29 is 22.7 Å². The van der Waals surface area contributed by atoms with Crippen molar-refractivity contribution in [3.63, 3.8) is 0 Å². The van der Waals surface area contributed by atoms with Crippen molar-refractivity contribution in [2.45, 2.75) is 44.4 Å². The number of hydrogen-bond acceptors (Lipinski definition) is 7. The number of halogens is 3. The zero-order valence-electron chi connectivity index (χ0n) is 17.9. The second-order valence-electron chi connectivity index (χ2n) is 8.21. The number of nitrogens with one attached hydrogen (secondary N) is 1. The lowest BCUT2D eigenvalue weighted by Gasteiger charge is -2.16. The average Bonchev–Trinajstić information content (AvgIpc) is 3.35. The lowest BCUT2D eigenvalue weighted by atomic mass is 10.1. The van der Waals surface area contributed by atoms with Gasteiger partial charge < -0.3 is 15.8 Å². The number of carbonyl (C=O) groups excluding carboxylic acids is 1. The quantitative estimate of drug-likeness (QED) is 0.526. The van der Waals surface area contributed by atoms with Crippen LogP contribution in [0.25, 0.3) is 10.6 Å². The van der Waals surface area contributed by atoms with Crippen LogP contribution in [0, 0.1) is 6.92 Å². The van der Waals surface area contributed by atoms with E-state index in [2.05, 4.69) is 20.3 Å². The molecule has 1 aliphatic carbocycles. The highest BCUT2D eigenvalue weighted by Crippen LogP contribution is 2.34. The van der Waals surface area contributed by atoms with Crippen LogP contribution in [-0.2, 0) is 6.18 Å². The van der Waals surface area contributed by atoms with E-state index in [-0.39, 0.29) is 5.54 Å². The van der Waals surface area contributed by atoms with E-state index < -0.39 is 23.9 Å². The van der Waals surface area contributed by atoms with Crippen LogP contribution in [0.15, 0.2) is 36.8 Å². The molecule has 11 heteroatoms. The summed E-state index contributed by atoms with van der Waals surface area (Å²) in [4.78, 5) is 25.1. The molecule has 33 heavy (non-hydrogen) atoms. The molecule has 0 aliphatic heterocycles. The number of thiazole rings is 1. The number of ether oxygens (including phenoxy) is 1. The molecule has 4 rings (SSSR count). The Labute approximate surface area is 192 Å². The fourth-order valence-electron chi connectivity index (χ4n) is 3.03. The van der Waals surface area contributed by atoms with Crippen LogP contribution in [0.4, 0.5) is 13.2 Å². The highest BCUT2D eigenvalue weighted by molar-refractivity contribution is 7.14. The van der Waals surface area contributed by atoms with Gasteiger partial charge >= 0.3 is 6.18 Å². The fraction of sp³-hybridized carbons (Fsp3) is 0.364. The maximum Gasteiger partial charge on any atom is 0.451 e. The third-order valence-corrected chi connectivity index (χ3v) is 6.19. The molecule has 0 saturated heterocycles. The Morgan fingerprint density at radius 1 is 1.21 bits per heavy atom. The largest absolute Gasteiger partial charge is 0.492 e. The van der Waals surface area contributed by atoms with E-state index in [0.717, 1.165) is 40.7 Å². The minimum Gasteiger partial charge on any atom is -0.492 e. The second-order valence-corrected chi connectivity index (χ2v) is 9.44. The van der Waals surface area contributed by atoms with Gasteiger partial charge in [-0.3, -0.25) is 4.79 Å². The Balaban J connectivity index is 1.55. The molecule has 174 valence electrons. The van der Waals surface area contributed by atoms with Gasteiger partial charge in [0.05, 0.1) is 11.6 Å². The Hall–Kier alpha value is -3.05. The summed E-state index contributed by atoms with van der Waals surface area (Å²) in [6.45, 7) is 3.92. The molecule has 1 saturated carbocycles. The summed E-state index contributed by atoms with van der Waals surface area (Å²) >= 11 is 1.49. The SMILES string of the molecule is Cc1cnc(-c2cc(OCC3(N)CC3)cc(C(=O)NC(C)c3cnc(C(F)(F)F)nc3)c2)s1. The van der Waals surface area contributed by atoms with Crippen molar-refractivity contribution in [2.24, 2.45) is 5.73 Å². The summed E-state index contributed by atoms with van der Waals surface area (Å²) in [5.74, 6) is -1.16. The maximum atomic E-state index is 13.0. The van der Waals surface area contributed by atoms with E-state index in [1.807, 2.05) is 13.0 Å². The molecular formula is C22H22F3N5O2S. The van der Waals surface area contributed by atoms with Gasteiger partial charge in [0, 0.05) is 40.2 Å². The number of benzene rings is 1. The molecule has 3 N–H and O–H groups in total. The predicted molar refractivity (Wildman–Crippen MR) is 117 cm³/mol. The molecule has 1 fully saturated rings. The molecule has 1 atom stereocenters. The standard InChI is InChI=1S/C22H22F3N5O2S/c1-12-8-27-19(33-12)15-5-14(6-17(7-15)32-11-21(26)3-4-21)18(31)30-13(2)16-9-28-20(29-10-16)22(23,24)25/h5-10,13H,3-4,11,26H2,1-2H3,(H,30,31). The lowest BCUT2D eigenvalue weighted by Crippen LogP contribution is -2.30. The summed E-state index contributed by atoms with van der Waals surface area (Å²) in [6, 6.07) is 4.51. The number of alkyl halides is 3. The minimum atomic E-state index is -4.63. The fourth-order valence-corrected chi connectivity index (χ4v) is 3.78. The summed E-state index contributed by atoms with van der Waals surface area (Å²) in [5, 5.41) is 3.51. The number of rotatable bonds is 7. The number of nitrogens with zero attached hydrogens (tertiary/aromatic N) is 3. The molecule has 0 bridgehead atoms.